The molecule has 1 aliphatic heterocycles. The van der Waals surface area contributed by atoms with Crippen LogP contribution in [0, 0.1) is 12.7 Å². The second-order valence-corrected chi connectivity index (χ2v) is 7.67. The predicted molar refractivity (Wildman–Crippen MR) is 119 cm³/mol. The predicted octanol–water partition coefficient (Wildman–Crippen LogP) is 6.60. The maximum absolute atomic E-state index is 13.9. The van der Waals surface area contributed by atoms with Crippen LogP contribution in [0.25, 0.3) is 33.9 Å². The van der Waals surface area contributed by atoms with E-state index in [4.69, 9.17) is 26.5 Å². The number of aryl methyl sites for hydroxylation is 1. The Bertz CT molecular complexity index is 1380. The van der Waals surface area contributed by atoms with Crippen LogP contribution in [-0.4, -0.2) is 32.2 Å². The zero-order chi connectivity index (χ0) is 24.6. The Kier molecular flexibility index (Phi) is 6.01. The highest BCUT2D eigenvalue weighted by Crippen LogP contribution is 2.44. The second-order valence-electron chi connectivity index (χ2n) is 7.26. The normalized spacial score (nSPS) is 11.7. The lowest BCUT2D eigenvalue weighted by molar-refractivity contribution is -0.192. The third-order valence-corrected chi connectivity index (χ3v) is 5.29. The highest BCUT2D eigenvalue weighted by molar-refractivity contribution is 6.33. The van der Waals surface area contributed by atoms with Gasteiger partial charge in [-0.2, -0.15) is 13.2 Å². The number of aromatic nitrogens is 3. The Balaban J connectivity index is 0.000000344. The molecule has 0 spiro atoms. The Morgan fingerprint density at radius 2 is 1.82 bits per heavy atom. The Morgan fingerprint density at radius 1 is 1.09 bits per heavy atom. The first-order valence-corrected chi connectivity index (χ1v) is 10.1. The van der Waals surface area contributed by atoms with Crippen LogP contribution in [0.2, 0.25) is 5.02 Å². The number of hydrogen-bond donors (Lipinski definition) is 3. The van der Waals surface area contributed by atoms with Gasteiger partial charge in [0.05, 0.1) is 16.4 Å². The lowest BCUT2D eigenvalue weighted by Crippen LogP contribution is -2.21. The number of aliphatic carboxylic acids is 1. The maximum Gasteiger partial charge on any atom is 0.490 e. The minimum absolute atomic E-state index is 0.316. The minimum Gasteiger partial charge on any atom is -0.475 e. The van der Waals surface area contributed by atoms with Gasteiger partial charge in [-0.05, 0) is 48.9 Å². The molecule has 11 heteroatoms. The third kappa shape index (κ3) is 4.44. The molecule has 2 aromatic carbocycles. The van der Waals surface area contributed by atoms with Gasteiger partial charge in [0.2, 0.25) is 0 Å². The first kappa shape index (κ1) is 23.2. The quantitative estimate of drug-likeness (QED) is 0.230. The number of carboxylic acids is 1. The van der Waals surface area contributed by atoms with Crippen molar-refractivity contribution in [1.29, 1.82) is 0 Å². The van der Waals surface area contributed by atoms with E-state index in [0.29, 0.717) is 22.4 Å². The van der Waals surface area contributed by atoms with Gasteiger partial charge in [-0.25, -0.2) is 19.2 Å². The number of anilines is 2. The van der Waals surface area contributed by atoms with E-state index in [9.17, 15) is 17.6 Å². The fourth-order valence-electron chi connectivity index (χ4n) is 3.47. The summed E-state index contributed by atoms with van der Waals surface area (Å²) in [4.78, 5) is 21.6. The van der Waals surface area contributed by atoms with Crippen molar-refractivity contribution in [2.75, 3.05) is 5.32 Å². The topological polar surface area (TPSA) is 90.9 Å². The number of carboxylic acid groups (broad SMARTS) is 1. The van der Waals surface area contributed by atoms with Gasteiger partial charge in [-0.1, -0.05) is 23.7 Å². The van der Waals surface area contributed by atoms with E-state index >= 15 is 0 Å². The third-order valence-electron chi connectivity index (χ3n) is 4.97. The molecule has 174 valence electrons. The number of nitrogens with zero attached hydrogens (tertiary/aromatic N) is 2. The average molecular weight is 491 g/mol. The van der Waals surface area contributed by atoms with Crippen LogP contribution < -0.4 is 5.32 Å². The van der Waals surface area contributed by atoms with Gasteiger partial charge in [0.1, 0.15) is 23.2 Å². The highest BCUT2D eigenvalue weighted by Gasteiger charge is 2.38. The fourth-order valence-corrected chi connectivity index (χ4v) is 3.79. The highest BCUT2D eigenvalue weighted by atomic mass is 35.5. The van der Waals surface area contributed by atoms with Crippen molar-refractivity contribution < 1.29 is 27.5 Å². The fraction of sp³-hybridized carbons (Fsp3) is 0.0870. The summed E-state index contributed by atoms with van der Waals surface area (Å²) in [6.07, 6.45) is -3.39. The summed E-state index contributed by atoms with van der Waals surface area (Å²) in [5.74, 6) is -1.76. The van der Waals surface area contributed by atoms with E-state index in [1.54, 1.807) is 12.3 Å². The first-order valence-electron chi connectivity index (χ1n) is 9.74. The molecule has 0 unspecified atom stereocenters. The van der Waals surface area contributed by atoms with Crippen molar-refractivity contribution in [3.8, 4) is 33.9 Å². The number of imidazole rings is 1. The first-order chi connectivity index (χ1) is 16.1. The van der Waals surface area contributed by atoms with Gasteiger partial charge >= 0.3 is 12.1 Å². The Morgan fingerprint density at radius 3 is 2.50 bits per heavy atom. The monoisotopic (exact) mass is 490 g/mol. The number of H-pyrrole nitrogens is 1. The number of hydrogen-bond acceptors (Lipinski definition) is 4. The van der Waals surface area contributed by atoms with Gasteiger partial charge in [0.15, 0.2) is 0 Å². The average Bonchev–Trinajstić information content (AvgIpc) is 3.13. The molecular formula is C23H15ClF4N4O2. The molecule has 5 rings (SSSR count). The summed E-state index contributed by atoms with van der Waals surface area (Å²) in [5.41, 5.74) is 5.75. The van der Waals surface area contributed by atoms with E-state index in [1.807, 2.05) is 37.3 Å². The van der Waals surface area contributed by atoms with Gasteiger partial charge < -0.3 is 15.4 Å². The van der Waals surface area contributed by atoms with Crippen LogP contribution in [-0.2, 0) is 4.79 Å². The lowest BCUT2D eigenvalue weighted by Gasteiger charge is -2.09. The number of pyridine rings is 1. The van der Waals surface area contributed by atoms with Gasteiger partial charge in [-0.3, -0.25) is 0 Å². The number of benzene rings is 2. The van der Waals surface area contributed by atoms with Gasteiger partial charge in [-0.15, -0.1) is 0 Å². The van der Waals surface area contributed by atoms with Crippen molar-refractivity contribution >= 4 is 29.1 Å². The zero-order valence-corrected chi connectivity index (χ0v) is 18.1. The number of nitrogens with one attached hydrogen (secondary N) is 2. The summed E-state index contributed by atoms with van der Waals surface area (Å²) < 4.78 is 45.6. The molecule has 2 aromatic heterocycles. The lowest BCUT2D eigenvalue weighted by atomic mass is 10.1. The molecule has 6 nitrogen and oxygen atoms in total. The standard InChI is InChI=1S/C21H14ClFN4.C2HF3O2/c1-11-4-2-6-15(22)17(11)21-26-18-13-8-7-12(23)10-16(13)25-20-14(19(18)27-21)5-3-9-24-20;3-2(4,5)1(6)7/h2-10H,1H3,(H,24,25)(H,26,27);(H,6,7). The molecule has 3 N–H and O–H groups in total. The molecule has 0 fully saturated rings. The smallest absolute Gasteiger partial charge is 0.475 e. The molecule has 0 radical (unpaired) electrons. The molecule has 0 bridgehead atoms. The molecule has 3 heterocycles. The van der Waals surface area contributed by atoms with Crippen LogP contribution >= 0.6 is 11.6 Å². The van der Waals surface area contributed by atoms with Crippen LogP contribution in [0.1, 0.15) is 5.56 Å². The number of carbonyl (C=O) groups is 1. The molecule has 0 amide bonds. The molecule has 0 saturated carbocycles. The van der Waals surface area contributed by atoms with Crippen LogP contribution in [0.5, 0.6) is 0 Å². The zero-order valence-electron chi connectivity index (χ0n) is 17.3. The number of fused-ring (bicyclic) bond motifs is 5. The van der Waals surface area contributed by atoms with E-state index in [2.05, 4.69) is 15.3 Å². The van der Waals surface area contributed by atoms with E-state index < -0.39 is 12.1 Å². The number of alkyl halides is 3. The SMILES string of the molecule is Cc1cccc(Cl)c1-c1nc2c([nH]1)-c1ccc(F)cc1Nc1ncccc1-2.O=C(O)C(F)(F)F. The van der Waals surface area contributed by atoms with Gasteiger partial charge in [0, 0.05) is 22.9 Å². The van der Waals surface area contributed by atoms with E-state index in [-0.39, 0.29) is 5.82 Å². The Hall–Kier alpha value is -3.92. The van der Waals surface area contributed by atoms with Crippen LogP contribution in [0.3, 0.4) is 0 Å². The van der Waals surface area contributed by atoms with Crippen LogP contribution in [0.4, 0.5) is 29.1 Å². The maximum atomic E-state index is 13.9. The summed E-state index contributed by atoms with van der Waals surface area (Å²) in [5, 5.41) is 11.0. The van der Waals surface area contributed by atoms with Crippen molar-refractivity contribution in [1.82, 2.24) is 15.0 Å². The van der Waals surface area contributed by atoms with Crippen molar-refractivity contribution in [2.45, 2.75) is 13.1 Å². The molecule has 34 heavy (non-hydrogen) atoms. The molecule has 0 aliphatic carbocycles. The van der Waals surface area contributed by atoms with Gasteiger partial charge in [0.25, 0.3) is 0 Å². The van der Waals surface area contributed by atoms with Crippen molar-refractivity contribution in [3.05, 3.63) is 71.1 Å². The summed E-state index contributed by atoms with van der Waals surface area (Å²) in [7, 11) is 0. The summed E-state index contributed by atoms with van der Waals surface area (Å²) >= 11 is 6.45. The second kappa shape index (κ2) is 8.79. The van der Waals surface area contributed by atoms with Crippen molar-refractivity contribution in [2.24, 2.45) is 0 Å². The summed E-state index contributed by atoms with van der Waals surface area (Å²) in [6.45, 7) is 2.00. The van der Waals surface area contributed by atoms with E-state index in [1.165, 1.54) is 12.1 Å². The van der Waals surface area contributed by atoms with Crippen LogP contribution in [0.15, 0.2) is 54.7 Å². The molecule has 1 aliphatic rings. The molecule has 0 saturated heterocycles. The molecule has 4 aromatic rings. The number of halogens is 5. The Labute approximate surface area is 195 Å². The molecular weight excluding hydrogens is 476 g/mol. The van der Waals surface area contributed by atoms with Crippen molar-refractivity contribution in [3.63, 3.8) is 0 Å². The molecule has 0 atom stereocenters. The summed E-state index contributed by atoms with van der Waals surface area (Å²) in [6, 6.07) is 14.2. The minimum atomic E-state index is -5.08. The largest absolute Gasteiger partial charge is 0.490 e. The number of aromatic amines is 1. The number of rotatable bonds is 1. The van der Waals surface area contributed by atoms with E-state index in [0.717, 1.165) is 33.6 Å².